The molecule has 3 fully saturated rings. The highest BCUT2D eigenvalue weighted by atomic mass is 16.7. The molecule has 17 nitrogen and oxygen atoms in total. The first kappa shape index (κ1) is 52.4. The second-order valence-corrected chi connectivity index (χ2v) is 18.3. The van der Waals surface area contributed by atoms with Gasteiger partial charge in [-0.05, 0) is 38.2 Å². The molecule has 0 aliphatic carbocycles. The molecule has 4 N–H and O–H groups in total. The summed E-state index contributed by atoms with van der Waals surface area (Å²) in [6.45, 7) is 11.2. The molecular formula is C47H68O17. The van der Waals surface area contributed by atoms with Crippen LogP contribution in [-0.4, -0.2) is 131 Å². The fourth-order valence-electron chi connectivity index (χ4n) is 8.57. The average Bonchev–Trinajstić information content (AvgIpc) is 3.19. The van der Waals surface area contributed by atoms with Gasteiger partial charge in [-0.15, -0.1) is 0 Å². The standard InChI is InChI=1S/C47H68O17/c1-10-11-12-13-14-15-39(51)62-43-31(22-41(53)58-9)21-34-25-37(28(2)48)61-42(54)24-32(50)23-35-26-38(59-29(3)49)45(6,7)46(55,63-35)27-36-19-30(20-40(52)57-8)18-33(60-36)16-17-44(4,5)47(43,56)64-34/h12-17,20,22,28,32-38,43,48,50,55-56H,10-11,18-19,21,23-27H2,1-9H3/b13-12+,15-14+,17-16+,30-20+,31-22+/t28-,32-,33+,34+,35-,36+,37-,38?,43+,46+,47-/m1/s1. The minimum Gasteiger partial charge on any atom is -0.466 e. The number of aliphatic hydroxyl groups is 4. The molecule has 0 aromatic heterocycles. The zero-order valence-electron chi connectivity index (χ0n) is 38.5. The van der Waals surface area contributed by atoms with Crippen LogP contribution < -0.4 is 0 Å². The number of cyclic esters (lactones) is 1. The highest BCUT2D eigenvalue weighted by molar-refractivity contribution is 5.85. The Hall–Kier alpha value is -4.23. The monoisotopic (exact) mass is 904 g/mol. The van der Waals surface area contributed by atoms with Crippen molar-refractivity contribution >= 4 is 29.8 Å². The lowest BCUT2D eigenvalue weighted by Gasteiger charge is -2.53. The summed E-state index contributed by atoms with van der Waals surface area (Å²) in [6, 6.07) is 0. The number of unbranched alkanes of at least 4 members (excludes halogenated alkanes) is 1. The molecular weight excluding hydrogens is 836 g/mol. The third-order valence-corrected chi connectivity index (χ3v) is 12.4. The van der Waals surface area contributed by atoms with E-state index in [4.69, 9.17) is 37.9 Å². The molecule has 358 valence electrons. The van der Waals surface area contributed by atoms with Crippen LogP contribution in [-0.2, 0) is 61.9 Å². The fourth-order valence-corrected chi connectivity index (χ4v) is 8.57. The van der Waals surface area contributed by atoms with Crippen molar-refractivity contribution in [3.63, 3.8) is 0 Å². The van der Waals surface area contributed by atoms with Crippen molar-refractivity contribution < 1.29 is 82.3 Å². The Bertz CT molecular complexity index is 1830. The predicted molar refractivity (Wildman–Crippen MR) is 228 cm³/mol. The number of esters is 5. The Labute approximate surface area is 375 Å². The molecule has 4 rings (SSSR count). The number of methoxy groups -OCH3 is 2. The Morgan fingerprint density at radius 3 is 2.20 bits per heavy atom. The van der Waals surface area contributed by atoms with Gasteiger partial charge >= 0.3 is 29.8 Å². The molecule has 0 amide bonds. The number of rotatable bonds is 9. The predicted octanol–water partition coefficient (Wildman–Crippen LogP) is 4.28. The minimum absolute atomic E-state index is 0.0721. The second-order valence-electron chi connectivity index (χ2n) is 18.3. The van der Waals surface area contributed by atoms with Gasteiger partial charge in [0.05, 0.1) is 62.7 Å². The quantitative estimate of drug-likeness (QED) is 0.0830. The third kappa shape index (κ3) is 13.4. The second kappa shape index (κ2) is 22.3. The van der Waals surface area contributed by atoms with E-state index in [-0.39, 0.29) is 50.5 Å². The topological polar surface area (TPSA) is 240 Å². The SMILES string of the molecule is CCC/C=C/C=C/C(=O)O[C@H]1/C(=C/C(=O)OC)C[C@H]2C[C@H]([C@@H](C)O)OC(=O)C[C@H](O)C[C@@H]3CC(OC(C)=O)C(C)(C)[C@](O)(C[C@@H]4C/C(=C/C(=O)OC)C[C@H](/C=C/C(C)(C)[C@]1(O)O2)O4)O3. The van der Waals surface area contributed by atoms with E-state index in [2.05, 4.69) is 0 Å². The van der Waals surface area contributed by atoms with E-state index in [0.29, 0.717) is 5.57 Å². The molecule has 0 spiro atoms. The van der Waals surface area contributed by atoms with Crippen LogP contribution in [0.2, 0.25) is 0 Å². The van der Waals surface area contributed by atoms with Crippen LogP contribution in [0.3, 0.4) is 0 Å². The van der Waals surface area contributed by atoms with Crippen LogP contribution in [0.15, 0.2) is 59.8 Å². The molecule has 11 atom stereocenters. The highest BCUT2D eigenvalue weighted by Crippen LogP contribution is 2.50. The summed E-state index contributed by atoms with van der Waals surface area (Å²) in [5, 5.41) is 47.5. The maximum Gasteiger partial charge on any atom is 0.331 e. The van der Waals surface area contributed by atoms with Crippen molar-refractivity contribution in [2.45, 2.75) is 179 Å². The van der Waals surface area contributed by atoms with Gasteiger partial charge in [-0.25, -0.2) is 14.4 Å². The van der Waals surface area contributed by atoms with E-state index in [0.717, 1.165) is 32.1 Å². The average molecular weight is 905 g/mol. The Balaban J connectivity index is 1.89. The van der Waals surface area contributed by atoms with E-state index in [9.17, 15) is 44.4 Å². The number of ether oxygens (including phenoxy) is 8. The van der Waals surface area contributed by atoms with Crippen molar-refractivity contribution in [1.29, 1.82) is 0 Å². The molecule has 0 radical (unpaired) electrons. The maximum absolute atomic E-state index is 13.4. The summed E-state index contributed by atoms with van der Waals surface area (Å²) >= 11 is 0. The lowest BCUT2D eigenvalue weighted by Crippen LogP contribution is -2.62. The molecule has 4 heterocycles. The lowest BCUT2D eigenvalue weighted by molar-refractivity contribution is -0.348. The van der Waals surface area contributed by atoms with Gasteiger partial charge in [-0.1, -0.05) is 77.0 Å². The summed E-state index contributed by atoms with van der Waals surface area (Å²) in [7, 11) is 2.40. The minimum atomic E-state index is -2.47. The normalized spacial score (nSPS) is 35.8. The molecule has 6 bridgehead atoms. The summed E-state index contributed by atoms with van der Waals surface area (Å²) < 4.78 is 46.7. The number of allylic oxidation sites excluding steroid dienone is 3. The molecule has 0 aromatic carbocycles. The van der Waals surface area contributed by atoms with Gasteiger partial charge in [0.2, 0.25) is 5.79 Å². The first-order valence-corrected chi connectivity index (χ1v) is 21.9. The van der Waals surface area contributed by atoms with Gasteiger partial charge in [0.1, 0.15) is 12.2 Å². The number of hydrogen-bond donors (Lipinski definition) is 4. The van der Waals surface area contributed by atoms with Crippen molar-refractivity contribution in [1.82, 2.24) is 0 Å². The van der Waals surface area contributed by atoms with Crippen LogP contribution in [0.4, 0.5) is 0 Å². The molecule has 17 heteroatoms. The van der Waals surface area contributed by atoms with Crippen LogP contribution in [0, 0.1) is 10.8 Å². The first-order valence-electron chi connectivity index (χ1n) is 21.9. The van der Waals surface area contributed by atoms with E-state index < -0.39 is 114 Å². The number of fused-ring (bicyclic) bond motifs is 6. The van der Waals surface area contributed by atoms with Crippen molar-refractivity contribution in [2.75, 3.05) is 14.2 Å². The number of carbonyl (C=O) groups excluding carboxylic acids is 5. The lowest BCUT2D eigenvalue weighted by atomic mass is 9.70. The smallest absolute Gasteiger partial charge is 0.331 e. The highest BCUT2D eigenvalue weighted by Gasteiger charge is 2.59. The van der Waals surface area contributed by atoms with Crippen molar-refractivity contribution in [2.24, 2.45) is 10.8 Å². The zero-order chi connectivity index (χ0) is 47.6. The number of hydrogen-bond acceptors (Lipinski definition) is 17. The first-order chi connectivity index (χ1) is 29.9. The Morgan fingerprint density at radius 2 is 1.56 bits per heavy atom. The van der Waals surface area contributed by atoms with Crippen LogP contribution in [0.1, 0.15) is 113 Å². The molecule has 1 unspecified atom stereocenters. The van der Waals surface area contributed by atoms with Crippen LogP contribution in [0.5, 0.6) is 0 Å². The third-order valence-electron chi connectivity index (χ3n) is 12.4. The summed E-state index contributed by atoms with van der Waals surface area (Å²) in [6.07, 6.45) is 2.55. The maximum atomic E-state index is 13.4. The van der Waals surface area contributed by atoms with Gasteiger partial charge in [0.25, 0.3) is 0 Å². The number of carbonyl (C=O) groups is 5. The van der Waals surface area contributed by atoms with Crippen LogP contribution in [0.25, 0.3) is 0 Å². The molecule has 4 aliphatic rings. The van der Waals surface area contributed by atoms with E-state index in [1.165, 1.54) is 33.1 Å². The largest absolute Gasteiger partial charge is 0.466 e. The van der Waals surface area contributed by atoms with E-state index in [1.54, 1.807) is 45.9 Å². The molecule has 0 aromatic rings. The summed E-state index contributed by atoms with van der Waals surface area (Å²) in [4.78, 5) is 64.7. The van der Waals surface area contributed by atoms with Gasteiger partial charge in [0, 0.05) is 56.3 Å². The zero-order valence-corrected chi connectivity index (χ0v) is 38.5. The molecule has 4 aliphatic heterocycles. The molecule has 64 heavy (non-hydrogen) atoms. The van der Waals surface area contributed by atoms with E-state index in [1.807, 2.05) is 13.0 Å². The van der Waals surface area contributed by atoms with E-state index >= 15 is 0 Å². The van der Waals surface area contributed by atoms with Gasteiger partial charge in [-0.3, -0.25) is 9.59 Å². The van der Waals surface area contributed by atoms with Gasteiger partial charge in [0.15, 0.2) is 11.9 Å². The Morgan fingerprint density at radius 1 is 0.875 bits per heavy atom. The fraction of sp³-hybridized carbons (Fsp3) is 0.681. The van der Waals surface area contributed by atoms with Crippen LogP contribution >= 0.6 is 0 Å². The number of aliphatic hydroxyl groups excluding tert-OH is 2. The molecule has 0 saturated carbocycles. The van der Waals surface area contributed by atoms with Gasteiger partial charge < -0.3 is 58.3 Å². The van der Waals surface area contributed by atoms with Crippen molar-refractivity contribution in [3.05, 3.63) is 59.8 Å². The molecule has 3 saturated heterocycles. The Kier molecular flexibility index (Phi) is 18.3. The van der Waals surface area contributed by atoms with Crippen molar-refractivity contribution in [3.8, 4) is 0 Å². The summed E-state index contributed by atoms with van der Waals surface area (Å²) in [5.41, 5.74) is -2.06. The summed E-state index contributed by atoms with van der Waals surface area (Å²) in [5.74, 6) is -8.31. The van der Waals surface area contributed by atoms with Gasteiger partial charge in [-0.2, -0.15) is 0 Å².